The van der Waals surface area contributed by atoms with Gasteiger partial charge >= 0.3 is 0 Å². The molecular weight excluding hydrogens is 362 g/mol. The van der Waals surface area contributed by atoms with Gasteiger partial charge in [0.15, 0.2) is 11.5 Å². The van der Waals surface area contributed by atoms with Crippen molar-refractivity contribution in [2.24, 2.45) is 5.10 Å². The maximum absolute atomic E-state index is 12.2. The summed E-state index contributed by atoms with van der Waals surface area (Å²) in [5, 5.41) is 24.2. The van der Waals surface area contributed by atoms with Gasteiger partial charge in [0, 0.05) is 0 Å². The molecule has 1 aromatic heterocycles. The van der Waals surface area contributed by atoms with Gasteiger partial charge in [-0.2, -0.15) is 10.4 Å². The van der Waals surface area contributed by atoms with Crippen LogP contribution in [0.25, 0.3) is 0 Å². The van der Waals surface area contributed by atoms with E-state index in [0.717, 1.165) is 17.6 Å². The number of nitro benzene ring substituents is 1. The lowest BCUT2D eigenvalue weighted by Gasteiger charge is -2.01. The molecule has 1 aliphatic rings. The largest absolute Gasteiger partial charge is 0.454 e. The first-order valence-electron chi connectivity index (χ1n) is 7.12. The molecule has 0 aliphatic carbocycles. The molecular formula is C15H11N5O5S. The second kappa shape index (κ2) is 6.69. The predicted molar refractivity (Wildman–Crippen MR) is 92.5 cm³/mol. The third kappa shape index (κ3) is 3.01. The Balaban J connectivity index is 1.82. The van der Waals surface area contributed by atoms with Crippen molar-refractivity contribution < 1.29 is 19.2 Å². The molecule has 0 saturated heterocycles. The maximum atomic E-state index is 12.2. The second-order valence-electron chi connectivity index (χ2n) is 5.13. The molecule has 2 heterocycles. The van der Waals surface area contributed by atoms with E-state index in [1.165, 1.54) is 12.1 Å². The number of hydrogen-bond acceptors (Lipinski definition) is 9. The van der Waals surface area contributed by atoms with Gasteiger partial charge in [-0.25, -0.2) is 5.43 Å². The molecule has 1 aromatic carbocycles. The Morgan fingerprint density at radius 3 is 2.81 bits per heavy atom. The number of nitro groups is 1. The molecule has 1 amide bonds. The van der Waals surface area contributed by atoms with Gasteiger partial charge in [-0.1, -0.05) is 0 Å². The van der Waals surface area contributed by atoms with E-state index in [4.69, 9.17) is 20.5 Å². The number of benzene rings is 1. The van der Waals surface area contributed by atoms with E-state index in [1.54, 1.807) is 6.92 Å². The van der Waals surface area contributed by atoms with Crippen molar-refractivity contribution in [3.05, 3.63) is 43.8 Å². The van der Waals surface area contributed by atoms with Gasteiger partial charge < -0.3 is 15.2 Å². The van der Waals surface area contributed by atoms with Gasteiger partial charge in [0.25, 0.3) is 11.6 Å². The Bertz CT molecular complexity index is 991. The van der Waals surface area contributed by atoms with E-state index >= 15 is 0 Å². The van der Waals surface area contributed by atoms with Crippen LogP contribution in [0.2, 0.25) is 0 Å². The normalized spacial score (nSPS) is 12.2. The lowest BCUT2D eigenvalue weighted by molar-refractivity contribution is -0.385. The lowest BCUT2D eigenvalue weighted by atomic mass is 10.1. The highest BCUT2D eigenvalue weighted by molar-refractivity contribution is 7.18. The number of ether oxygens (including phenoxy) is 2. The van der Waals surface area contributed by atoms with Crippen molar-refractivity contribution in [3.63, 3.8) is 0 Å². The van der Waals surface area contributed by atoms with Crippen LogP contribution in [0, 0.1) is 28.4 Å². The summed E-state index contributed by atoms with van der Waals surface area (Å²) in [6, 6.07) is 4.56. The molecule has 0 unspecified atom stereocenters. The Kier molecular flexibility index (Phi) is 4.42. The first kappa shape index (κ1) is 17.2. The van der Waals surface area contributed by atoms with Crippen LogP contribution in [0.1, 0.15) is 26.4 Å². The van der Waals surface area contributed by atoms with Crippen LogP contribution in [0.5, 0.6) is 11.5 Å². The zero-order valence-electron chi connectivity index (χ0n) is 13.3. The first-order chi connectivity index (χ1) is 12.4. The highest BCUT2D eigenvalue weighted by Crippen LogP contribution is 2.37. The number of hydrogen-bond donors (Lipinski definition) is 2. The molecule has 0 bridgehead atoms. The van der Waals surface area contributed by atoms with Crippen LogP contribution in [0.15, 0.2) is 17.2 Å². The zero-order valence-corrected chi connectivity index (χ0v) is 14.1. The average molecular weight is 373 g/mol. The van der Waals surface area contributed by atoms with Crippen molar-refractivity contribution in [2.45, 2.75) is 6.92 Å². The van der Waals surface area contributed by atoms with Crippen LogP contribution in [-0.4, -0.2) is 23.8 Å². The van der Waals surface area contributed by atoms with Gasteiger partial charge in [-0.05, 0) is 18.6 Å². The van der Waals surface area contributed by atoms with E-state index in [-0.39, 0.29) is 39.2 Å². The number of thiophene rings is 1. The number of nitrogens with one attached hydrogen (secondary N) is 1. The minimum atomic E-state index is -0.589. The molecule has 10 nitrogen and oxygen atoms in total. The molecule has 26 heavy (non-hydrogen) atoms. The third-order valence-electron chi connectivity index (χ3n) is 3.58. The van der Waals surface area contributed by atoms with E-state index in [0.29, 0.717) is 11.3 Å². The maximum Gasteiger partial charge on any atom is 0.282 e. The number of nitriles is 1. The van der Waals surface area contributed by atoms with Gasteiger partial charge in [-0.15, -0.1) is 11.3 Å². The number of anilines is 1. The fourth-order valence-electron chi connectivity index (χ4n) is 2.31. The topological polar surface area (TPSA) is 153 Å². The van der Waals surface area contributed by atoms with Crippen LogP contribution < -0.4 is 20.6 Å². The van der Waals surface area contributed by atoms with Gasteiger partial charge in [0.1, 0.15) is 15.9 Å². The summed E-state index contributed by atoms with van der Waals surface area (Å²) in [5.74, 6) is 0.0517. The van der Waals surface area contributed by atoms with Crippen LogP contribution in [-0.2, 0) is 0 Å². The fraction of sp³-hybridized carbons (Fsp3) is 0.133. The monoisotopic (exact) mass is 373 g/mol. The molecule has 11 heteroatoms. The van der Waals surface area contributed by atoms with E-state index in [2.05, 4.69) is 10.5 Å². The van der Waals surface area contributed by atoms with Crippen LogP contribution >= 0.6 is 11.3 Å². The number of rotatable bonds is 4. The summed E-state index contributed by atoms with van der Waals surface area (Å²) in [6.45, 7) is 1.58. The molecule has 0 spiro atoms. The quantitative estimate of drug-likeness (QED) is 0.471. The van der Waals surface area contributed by atoms with Crippen LogP contribution in [0.4, 0.5) is 10.7 Å². The molecule has 0 saturated carbocycles. The number of amides is 1. The number of carbonyl (C=O) groups excluding carboxylic acids is 1. The Morgan fingerprint density at radius 2 is 2.19 bits per heavy atom. The number of hydrazone groups is 1. The predicted octanol–water partition coefficient (Wildman–Crippen LogP) is 1.91. The fourth-order valence-corrected chi connectivity index (χ4v) is 3.23. The van der Waals surface area contributed by atoms with E-state index < -0.39 is 10.8 Å². The molecule has 0 atom stereocenters. The van der Waals surface area contributed by atoms with E-state index in [1.807, 2.05) is 6.07 Å². The number of fused-ring (bicyclic) bond motifs is 1. The minimum absolute atomic E-state index is 0.0237. The summed E-state index contributed by atoms with van der Waals surface area (Å²) in [5.41, 5.74) is 8.56. The van der Waals surface area contributed by atoms with Gasteiger partial charge in [0.05, 0.1) is 28.3 Å². The highest BCUT2D eigenvalue weighted by Gasteiger charge is 2.23. The minimum Gasteiger partial charge on any atom is -0.454 e. The second-order valence-corrected chi connectivity index (χ2v) is 6.18. The molecule has 0 fully saturated rings. The van der Waals surface area contributed by atoms with Crippen molar-refractivity contribution in [1.29, 1.82) is 5.26 Å². The summed E-state index contributed by atoms with van der Waals surface area (Å²) in [7, 11) is 0. The molecule has 2 aromatic rings. The Hall–Kier alpha value is -3.65. The Labute approximate surface area is 150 Å². The number of carbonyl (C=O) groups is 1. The van der Waals surface area contributed by atoms with Crippen molar-refractivity contribution in [3.8, 4) is 17.6 Å². The molecule has 3 rings (SSSR count). The summed E-state index contributed by atoms with van der Waals surface area (Å²) < 4.78 is 10.3. The molecule has 3 N–H and O–H groups in total. The molecule has 1 aliphatic heterocycles. The zero-order chi connectivity index (χ0) is 18.8. The van der Waals surface area contributed by atoms with Gasteiger partial charge in [0.2, 0.25) is 6.79 Å². The number of nitrogen functional groups attached to an aromatic ring is 1. The standard InChI is InChI=1S/C15H11N5O5S/c1-7-9(4-16)14(17)26-13(7)15(21)19-18-5-8-2-11-12(25-6-24-11)3-10(8)20(22)23/h2-3,5H,6,17H2,1H3,(H,19,21)/b18-5-. The average Bonchev–Trinajstić information content (AvgIpc) is 3.17. The highest BCUT2D eigenvalue weighted by atomic mass is 32.1. The third-order valence-corrected chi connectivity index (χ3v) is 4.70. The lowest BCUT2D eigenvalue weighted by Crippen LogP contribution is -2.17. The summed E-state index contributed by atoms with van der Waals surface area (Å²) >= 11 is 0.969. The number of nitrogens with zero attached hydrogens (tertiary/aromatic N) is 3. The summed E-state index contributed by atoms with van der Waals surface area (Å²) in [6.07, 6.45) is 1.13. The van der Waals surface area contributed by atoms with Crippen molar-refractivity contribution in [1.82, 2.24) is 5.43 Å². The number of nitrogens with two attached hydrogens (primary N) is 1. The van der Waals surface area contributed by atoms with E-state index in [9.17, 15) is 14.9 Å². The van der Waals surface area contributed by atoms with Crippen molar-refractivity contribution >= 4 is 34.1 Å². The SMILES string of the molecule is Cc1c(C(=O)N/N=C\c2cc3c(cc2[N+](=O)[O-])OCO3)sc(N)c1C#N. The first-order valence-corrected chi connectivity index (χ1v) is 7.94. The molecule has 0 radical (unpaired) electrons. The van der Waals surface area contributed by atoms with Gasteiger partial charge in [-0.3, -0.25) is 14.9 Å². The smallest absolute Gasteiger partial charge is 0.282 e. The summed E-state index contributed by atoms with van der Waals surface area (Å²) in [4.78, 5) is 23.0. The Morgan fingerprint density at radius 1 is 1.50 bits per heavy atom. The van der Waals surface area contributed by atoms with Crippen LogP contribution in [0.3, 0.4) is 0 Å². The molecule has 132 valence electrons. The van der Waals surface area contributed by atoms with Crippen molar-refractivity contribution in [2.75, 3.05) is 12.5 Å².